The Hall–Kier alpha value is -0.610. The van der Waals surface area contributed by atoms with Gasteiger partial charge in [0.1, 0.15) is 5.54 Å². The summed E-state index contributed by atoms with van der Waals surface area (Å²) >= 11 is 0. The van der Waals surface area contributed by atoms with Crippen molar-refractivity contribution in [3.63, 3.8) is 0 Å². The van der Waals surface area contributed by atoms with Gasteiger partial charge in [0.2, 0.25) is 0 Å². The van der Waals surface area contributed by atoms with E-state index in [1.807, 2.05) is 0 Å². The summed E-state index contributed by atoms with van der Waals surface area (Å²) in [7, 11) is 1.48. The predicted molar refractivity (Wildman–Crippen MR) is 78.6 cm³/mol. The maximum absolute atomic E-state index is 12.1. The van der Waals surface area contributed by atoms with Crippen molar-refractivity contribution in [3.05, 3.63) is 0 Å². The molecule has 1 N–H and O–H groups in total. The summed E-state index contributed by atoms with van der Waals surface area (Å²) in [5, 5.41) is 3.51. The zero-order valence-corrected chi connectivity index (χ0v) is 13.1. The zero-order chi connectivity index (χ0) is 14.6. The minimum atomic E-state index is -0.491. The maximum atomic E-state index is 12.1. The first-order chi connectivity index (χ1) is 9.59. The van der Waals surface area contributed by atoms with Crippen LogP contribution in [0.1, 0.15) is 58.8 Å². The monoisotopic (exact) mass is 283 g/mol. The minimum absolute atomic E-state index is 0.114. The second-order valence-corrected chi connectivity index (χ2v) is 6.58. The van der Waals surface area contributed by atoms with Gasteiger partial charge in [-0.2, -0.15) is 0 Å². The number of nitrogens with one attached hydrogen (secondary N) is 1. The fraction of sp³-hybridized carbons (Fsp3) is 0.938. The smallest absolute Gasteiger partial charge is 0.326 e. The molecule has 0 bridgehead atoms. The first kappa shape index (κ1) is 15.8. The van der Waals surface area contributed by atoms with Crippen molar-refractivity contribution in [2.75, 3.05) is 13.7 Å². The third-order valence-electron chi connectivity index (χ3n) is 4.50. The van der Waals surface area contributed by atoms with Crippen LogP contribution in [-0.2, 0) is 14.3 Å². The van der Waals surface area contributed by atoms with E-state index in [2.05, 4.69) is 19.2 Å². The zero-order valence-electron chi connectivity index (χ0n) is 13.1. The minimum Gasteiger partial charge on any atom is -0.468 e. The van der Waals surface area contributed by atoms with Crippen molar-refractivity contribution in [2.24, 2.45) is 5.92 Å². The van der Waals surface area contributed by atoms with E-state index in [1.165, 1.54) is 32.8 Å². The number of hydrogen-bond donors (Lipinski definition) is 1. The standard InChI is InChI=1S/C16H29NO3/c1-4-5-12(2)11-20-14-8-9-16(10-14,15(18)19-3)17-13-6-7-13/h12-14,17H,4-11H2,1-3H3. The van der Waals surface area contributed by atoms with E-state index in [-0.39, 0.29) is 12.1 Å². The first-order valence-electron chi connectivity index (χ1n) is 8.07. The number of ether oxygens (including phenoxy) is 2. The molecule has 0 saturated heterocycles. The second kappa shape index (κ2) is 6.90. The lowest BCUT2D eigenvalue weighted by atomic mass is 9.97. The van der Waals surface area contributed by atoms with E-state index >= 15 is 0 Å². The summed E-state index contributed by atoms with van der Waals surface area (Å²) in [4.78, 5) is 12.1. The van der Waals surface area contributed by atoms with Crippen LogP contribution in [0.5, 0.6) is 0 Å². The molecular weight excluding hydrogens is 254 g/mol. The number of rotatable bonds is 8. The summed E-state index contributed by atoms with van der Waals surface area (Å²) in [6.45, 7) is 5.24. The molecule has 2 fully saturated rings. The van der Waals surface area contributed by atoms with Crippen molar-refractivity contribution >= 4 is 5.97 Å². The Labute approximate surface area is 122 Å². The highest BCUT2D eigenvalue weighted by atomic mass is 16.5. The van der Waals surface area contributed by atoms with E-state index in [9.17, 15) is 4.79 Å². The van der Waals surface area contributed by atoms with E-state index in [0.29, 0.717) is 12.0 Å². The van der Waals surface area contributed by atoms with Crippen molar-refractivity contribution < 1.29 is 14.3 Å². The molecule has 0 spiro atoms. The van der Waals surface area contributed by atoms with Crippen molar-refractivity contribution in [1.29, 1.82) is 0 Å². The molecule has 3 unspecified atom stereocenters. The Morgan fingerprint density at radius 3 is 2.75 bits per heavy atom. The number of esters is 1. The Bertz CT molecular complexity index is 330. The number of carbonyl (C=O) groups is 1. The summed E-state index contributed by atoms with van der Waals surface area (Å²) in [5.41, 5.74) is -0.491. The molecule has 4 heteroatoms. The van der Waals surface area contributed by atoms with Crippen LogP contribution in [0, 0.1) is 5.92 Å². The van der Waals surface area contributed by atoms with Gasteiger partial charge in [-0.3, -0.25) is 10.1 Å². The van der Waals surface area contributed by atoms with Gasteiger partial charge in [-0.05, 0) is 38.0 Å². The number of methoxy groups -OCH3 is 1. The van der Waals surface area contributed by atoms with Gasteiger partial charge in [0.15, 0.2) is 0 Å². The topological polar surface area (TPSA) is 47.6 Å². The lowest BCUT2D eigenvalue weighted by molar-refractivity contribution is -0.149. The molecule has 2 rings (SSSR count). The summed E-state index contributed by atoms with van der Waals surface area (Å²) in [6, 6.07) is 0.506. The van der Waals surface area contributed by atoms with Crippen LogP contribution in [0.15, 0.2) is 0 Å². The molecule has 0 radical (unpaired) electrons. The van der Waals surface area contributed by atoms with Gasteiger partial charge >= 0.3 is 5.97 Å². The van der Waals surface area contributed by atoms with Crippen molar-refractivity contribution in [3.8, 4) is 0 Å². The van der Waals surface area contributed by atoms with Gasteiger partial charge in [-0.1, -0.05) is 20.3 Å². The molecule has 2 aliphatic rings. The van der Waals surface area contributed by atoms with Crippen LogP contribution in [0.2, 0.25) is 0 Å². The first-order valence-corrected chi connectivity index (χ1v) is 8.07. The van der Waals surface area contributed by atoms with Crippen LogP contribution in [0.4, 0.5) is 0 Å². The molecule has 0 aromatic heterocycles. The molecule has 0 heterocycles. The van der Waals surface area contributed by atoms with Crippen LogP contribution in [-0.4, -0.2) is 37.4 Å². The molecule has 2 saturated carbocycles. The van der Waals surface area contributed by atoms with Crippen molar-refractivity contribution in [1.82, 2.24) is 5.32 Å². The van der Waals surface area contributed by atoms with E-state index in [4.69, 9.17) is 9.47 Å². The third-order valence-corrected chi connectivity index (χ3v) is 4.50. The van der Waals surface area contributed by atoms with Crippen LogP contribution in [0.3, 0.4) is 0 Å². The third kappa shape index (κ3) is 3.95. The molecule has 4 nitrogen and oxygen atoms in total. The van der Waals surface area contributed by atoms with Gasteiger partial charge in [-0.15, -0.1) is 0 Å². The van der Waals surface area contributed by atoms with E-state index < -0.39 is 5.54 Å². The molecular formula is C16H29NO3. The van der Waals surface area contributed by atoms with Gasteiger partial charge in [0.25, 0.3) is 0 Å². The normalized spacial score (nSPS) is 31.2. The lowest BCUT2D eigenvalue weighted by Crippen LogP contribution is -2.52. The Balaban J connectivity index is 1.84. The highest BCUT2D eigenvalue weighted by molar-refractivity contribution is 5.81. The highest BCUT2D eigenvalue weighted by Crippen LogP contribution is 2.36. The summed E-state index contributed by atoms with van der Waals surface area (Å²) in [6.07, 6.45) is 7.50. The lowest BCUT2D eigenvalue weighted by Gasteiger charge is -2.28. The van der Waals surface area contributed by atoms with E-state index in [1.54, 1.807) is 0 Å². The van der Waals surface area contributed by atoms with Crippen molar-refractivity contribution in [2.45, 2.75) is 76.5 Å². The largest absolute Gasteiger partial charge is 0.468 e. The second-order valence-electron chi connectivity index (χ2n) is 6.58. The molecule has 2 aliphatic carbocycles. The quantitative estimate of drug-likeness (QED) is 0.696. The van der Waals surface area contributed by atoms with Gasteiger partial charge < -0.3 is 9.47 Å². The predicted octanol–water partition coefficient (Wildman–Crippen LogP) is 2.66. The van der Waals surface area contributed by atoms with Crippen LogP contribution >= 0.6 is 0 Å². The van der Waals surface area contributed by atoms with Crippen LogP contribution in [0.25, 0.3) is 0 Å². The Morgan fingerprint density at radius 1 is 1.40 bits per heavy atom. The molecule has 0 amide bonds. The Kier molecular flexibility index (Phi) is 5.44. The molecule has 0 aromatic carbocycles. The average molecular weight is 283 g/mol. The summed E-state index contributed by atoms with van der Waals surface area (Å²) in [5.74, 6) is 0.488. The molecule has 0 aromatic rings. The fourth-order valence-corrected chi connectivity index (χ4v) is 3.21. The SMILES string of the molecule is CCCC(C)COC1CCC(NC2CC2)(C(=O)OC)C1. The number of carbonyl (C=O) groups excluding carboxylic acids is 1. The van der Waals surface area contributed by atoms with Crippen LogP contribution < -0.4 is 5.32 Å². The highest BCUT2D eigenvalue weighted by Gasteiger charge is 2.49. The molecule has 0 aliphatic heterocycles. The average Bonchev–Trinajstić information content (AvgIpc) is 3.14. The fourth-order valence-electron chi connectivity index (χ4n) is 3.21. The van der Waals surface area contributed by atoms with Gasteiger partial charge in [-0.25, -0.2) is 0 Å². The molecule has 116 valence electrons. The van der Waals surface area contributed by atoms with Gasteiger partial charge in [0.05, 0.1) is 13.2 Å². The molecule has 3 atom stereocenters. The number of hydrogen-bond acceptors (Lipinski definition) is 4. The maximum Gasteiger partial charge on any atom is 0.326 e. The van der Waals surface area contributed by atoms with Gasteiger partial charge in [0, 0.05) is 19.1 Å². The van der Waals surface area contributed by atoms with E-state index in [0.717, 1.165) is 25.9 Å². The molecule has 20 heavy (non-hydrogen) atoms. The summed E-state index contributed by atoms with van der Waals surface area (Å²) < 4.78 is 11.0. The Morgan fingerprint density at radius 2 is 2.15 bits per heavy atom.